The quantitative estimate of drug-likeness (QED) is 0.580. The number of fused-ring (bicyclic) bond motifs is 3. The largest absolute Gasteiger partial charge is 0.497 e. The van der Waals surface area contributed by atoms with E-state index in [1.54, 1.807) is 19.2 Å². The van der Waals surface area contributed by atoms with E-state index in [9.17, 15) is 14.3 Å². The van der Waals surface area contributed by atoms with Crippen LogP contribution in [0.2, 0.25) is 0 Å². The van der Waals surface area contributed by atoms with Gasteiger partial charge in [-0.05, 0) is 71.6 Å². The molecule has 2 N–H and O–H groups in total. The molecule has 3 aromatic carbocycles. The molecule has 3 aromatic rings. The molecule has 1 saturated heterocycles. The molecule has 6 nitrogen and oxygen atoms in total. The van der Waals surface area contributed by atoms with Gasteiger partial charge in [-0.2, -0.15) is 0 Å². The van der Waals surface area contributed by atoms with Gasteiger partial charge in [0.05, 0.1) is 25.8 Å². The minimum absolute atomic E-state index is 0.0186. The van der Waals surface area contributed by atoms with E-state index in [2.05, 4.69) is 28.4 Å². The Morgan fingerprint density at radius 1 is 1.09 bits per heavy atom. The normalized spacial score (nSPS) is 21.1. The Kier molecular flexibility index (Phi) is 5.87. The van der Waals surface area contributed by atoms with Crippen molar-refractivity contribution in [1.82, 2.24) is 4.90 Å². The maximum Gasteiger partial charge on any atom is 0.322 e. The predicted molar refractivity (Wildman–Crippen MR) is 131 cm³/mol. The number of hydrogen-bond acceptors (Lipinski definition) is 4. The van der Waals surface area contributed by atoms with Gasteiger partial charge in [-0.1, -0.05) is 18.2 Å². The number of amides is 2. The molecule has 3 atom stereocenters. The number of aliphatic hydroxyl groups excluding tert-OH is 1. The Morgan fingerprint density at radius 3 is 2.47 bits per heavy atom. The van der Waals surface area contributed by atoms with E-state index in [4.69, 9.17) is 4.74 Å². The number of hydrogen-bond donors (Lipinski definition) is 2. The number of urea groups is 1. The van der Waals surface area contributed by atoms with Gasteiger partial charge in [0.25, 0.3) is 0 Å². The molecule has 0 radical (unpaired) electrons. The zero-order valence-electron chi connectivity index (χ0n) is 19.2. The molecule has 176 valence electrons. The summed E-state index contributed by atoms with van der Waals surface area (Å²) in [5, 5.41) is 13.1. The van der Waals surface area contributed by atoms with Crippen LogP contribution in [0.3, 0.4) is 0 Å². The van der Waals surface area contributed by atoms with Crippen molar-refractivity contribution >= 4 is 17.4 Å². The first kappa shape index (κ1) is 22.2. The lowest BCUT2D eigenvalue weighted by Gasteiger charge is -2.44. The van der Waals surface area contributed by atoms with Gasteiger partial charge in [0, 0.05) is 30.9 Å². The van der Waals surface area contributed by atoms with Gasteiger partial charge >= 0.3 is 6.03 Å². The third-order valence-corrected chi connectivity index (χ3v) is 7.13. The highest BCUT2D eigenvalue weighted by molar-refractivity contribution is 5.90. The van der Waals surface area contributed by atoms with Crippen molar-refractivity contribution in [2.45, 2.75) is 18.5 Å². The van der Waals surface area contributed by atoms with Crippen LogP contribution in [-0.4, -0.2) is 49.4 Å². The summed E-state index contributed by atoms with van der Waals surface area (Å²) < 4.78 is 18.6. The molecule has 2 heterocycles. The lowest BCUT2D eigenvalue weighted by Crippen LogP contribution is -2.48. The van der Waals surface area contributed by atoms with E-state index in [1.165, 1.54) is 12.1 Å². The first-order chi connectivity index (χ1) is 16.5. The second-order valence-corrected chi connectivity index (χ2v) is 8.89. The van der Waals surface area contributed by atoms with Crippen molar-refractivity contribution in [3.8, 4) is 16.9 Å². The first-order valence-corrected chi connectivity index (χ1v) is 11.5. The third-order valence-electron chi connectivity index (χ3n) is 7.13. The van der Waals surface area contributed by atoms with Crippen LogP contribution < -0.4 is 15.0 Å². The molecule has 0 bridgehead atoms. The number of nitrogens with one attached hydrogen (secondary N) is 1. The highest BCUT2D eigenvalue weighted by Crippen LogP contribution is 2.49. The number of carbonyl (C=O) groups excluding carboxylic acids is 1. The molecule has 0 spiro atoms. The molecule has 0 aliphatic carbocycles. The Morgan fingerprint density at radius 2 is 1.79 bits per heavy atom. The molecule has 7 heteroatoms. The van der Waals surface area contributed by atoms with Crippen LogP contribution in [0.15, 0.2) is 66.7 Å². The molecule has 2 aliphatic rings. The summed E-state index contributed by atoms with van der Waals surface area (Å²) >= 11 is 0. The fraction of sp³-hybridized carbons (Fsp3) is 0.296. The molecule has 5 rings (SSSR count). The third kappa shape index (κ3) is 3.86. The van der Waals surface area contributed by atoms with E-state index in [-0.39, 0.29) is 36.5 Å². The van der Waals surface area contributed by atoms with Crippen LogP contribution in [0.25, 0.3) is 11.1 Å². The number of anilines is 2. The van der Waals surface area contributed by atoms with Gasteiger partial charge in [-0.25, -0.2) is 9.18 Å². The number of rotatable bonds is 4. The fourth-order valence-electron chi connectivity index (χ4n) is 5.37. The summed E-state index contributed by atoms with van der Waals surface area (Å²) in [5.41, 5.74) is 4.75. The Bertz CT molecular complexity index is 1180. The predicted octanol–water partition coefficient (Wildman–Crippen LogP) is 4.91. The van der Waals surface area contributed by atoms with Crippen molar-refractivity contribution in [3.05, 3.63) is 78.1 Å². The lowest BCUT2D eigenvalue weighted by molar-refractivity contribution is 0.168. The van der Waals surface area contributed by atoms with Gasteiger partial charge < -0.3 is 25.0 Å². The topological polar surface area (TPSA) is 65.0 Å². The minimum atomic E-state index is -0.347. The summed E-state index contributed by atoms with van der Waals surface area (Å²) in [6, 6.07) is 19.5. The summed E-state index contributed by atoms with van der Waals surface area (Å²) in [6.45, 7) is 0.601. The average molecular weight is 462 g/mol. The van der Waals surface area contributed by atoms with Crippen LogP contribution in [0.1, 0.15) is 18.0 Å². The zero-order valence-corrected chi connectivity index (χ0v) is 19.2. The summed E-state index contributed by atoms with van der Waals surface area (Å²) in [7, 11) is 3.65. The molecular weight excluding hydrogens is 433 g/mol. The molecular formula is C27H28FN3O3. The van der Waals surface area contributed by atoms with Crippen molar-refractivity contribution in [2.75, 3.05) is 37.5 Å². The minimum Gasteiger partial charge on any atom is -0.497 e. The van der Waals surface area contributed by atoms with Gasteiger partial charge in [0.15, 0.2) is 0 Å². The molecule has 0 aromatic heterocycles. The summed E-state index contributed by atoms with van der Waals surface area (Å²) in [6.07, 6.45) is 0.795. The number of halogens is 1. The standard InChI is InChI=1S/C27H28FN3O3/c1-30-24-12-5-18(17-3-10-21(34-2)11-4-17)15-23(24)26-22(25(30)16-32)13-14-31(26)27(33)29-20-8-6-19(28)7-9-20/h3-12,15,22,25-26,32H,13-14,16H2,1-2H3,(H,29,33)/t22-,25-,26-/m0/s1. The van der Waals surface area contributed by atoms with E-state index < -0.39 is 0 Å². The number of carbonyl (C=O) groups is 1. The van der Waals surface area contributed by atoms with Crippen molar-refractivity contribution in [2.24, 2.45) is 5.92 Å². The van der Waals surface area contributed by atoms with E-state index in [0.29, 0.717) is 12.2 Å². The number of benzene rings is 3. The summed E-state index contributed by atoms with van der Waals surface area (Å²) in [4.78, 5) is 17.3. The smallest absolute Gasteiger partial charge is 0.322 e. The number of likely N-dealkylation sites (N-methyl/N-ethyl adjacent to an activating group) is 1. The number of methoxy groups -OCH3 is 1. The van der Waals surface area contributed by atoms with Crippen LogP contribution in [-0.2, 0) is 0 Å². The maximum atomic E-state index is 13.3. The number of ether oxygens (including phenoxy) is 1. The average Bonchev–Trinajstić information content (AvgIpc) is 3.31. The Labute approximate surface area is 198 Å². The van der Waals surface area contributed by atoms with E-state index in [0.717, 1.165) is 34.5 Å². The first-order valence-electron chi connectivity index (χ1n) is 11.5. The van der Waals surface area contributed by atoms with E-state index >= 15 is 0 Å². The molecule has 0 saturated carbocycles. The fourth-order valence-corrected chi connectivity index (χ4v) is 5.37. The highest BCUT2D eigenvalue weighted by atomic mass is 19.1. The number of likely N-dealkylation sites (tertiary alicyclic amines) is 1. The Hall–Kier alpha value is -3.58. The summed E-state index contributed by atoms with van der Waals surface area (Å²) in [5.74, 6) is 0.555. The Balaban J connectivity index is 1.51. The van der Waals surface area contributed by atoms with Gasteiger partial charge in [-0.15, -0.1) is 0 Å². The SMILES string of the molecule is COc1ccc(-c2ccc3c(c2)[C@@H]2[C@@H](CCN2C(=O)Nc2ccc(F)cc2)[C@H](CO)N3C)cc1. The molecule has 2 amide bonds. The molecule has 2 aliphatic heterocycles. The van der Waals surface area contributed by atoms with Crippen LogP contribution in [0.4, 0.5) is 20.6 Å². The number of aliphatic hydroxyl groups is 1. The molecule has 1 fully saturated rings. The van der Waals surface area contributed by atoms with Gasteiger partial charge in [-0.3, -0.25) is 0 Å². The zero-order chi connectivity index (χ0) is 23.8. The van der Waals surface area contributed by atoms with Gasteiger partial charge in [0.2, 0.25) is 0 Å². The lowest BCUT2D eigenvalue weighted by atomic mass is 9.81. The second-order valence-electron chi connectivity index (χ2n) is 8.89. The van der Waals surface area contributed by atoms with Crippen LogP contribution in [0.5, 0.6) is 5.75 Å². The van der Waals surface area contributed by atoms with Crippen LogP contribution in [0, 0.1) is 11.7 Å². The van der Waals surface area contributed by atoms with E-state index in [1.807, 2.05) is 36.2 Å². The molecule has 34 heavy (non-hydrogen) atoms. The van der Waals surface area contributed by atoms with Crippen LogP contribution >= 0.6 is 0 Å². The van der Waals surface area contributed by atoms with Crippen molar-refractivity contribution < 1.29 is 19.0 Å². The molecule has 0 unspecified atom stereocenters. The van der Waals surface area contributed by atoms with Crippen molar-refractivity contribution in [3.63, 3.8) is 0 Å². The van der Waals surface area contributed by atoms with Gasteiger partial charge in [0.1, 0.15) is 11.6 Å². The second kappa shape index (κ2) is 8.99. The van der Waals surface area contributed by atoms with Crippen molar-refractivity contribution in [1.29, 1.82) is 0 Å². The maximum absolute atomic E-state index is 13.3. The highest BCUT2D eigenvalue weighted by Gasteiger charge is 2.47. The monoisotopic (exact) mass is 461 g/mol. The number of nitrogens with zero attached hydrogens (tertiary/aromatic N) is 2.